The molecule has 114 valence electrons. The lowest BCUT2D eigenvalue weighted by molar-refractivity contribution is -0.120. The molecule has 0 radical (unpaired) electrons. The zero-order chi connectivity index (χ0) is 14.8. The molecule has 0 saturated carbocycles. The minimum Gasteiger partial charge on any atom is -0.465 e. The van der Waals surface area contributed by atoms with Gasteiger partial charge in [0.05, 0.1) is 25.9 Å². The zero-order valence-electron chi connectivity index (χ0n) is 11.9. The van der Waals surface area contributed by atoms with Crippen LogP contribution in [0.2, 0.25) is 0 Å². The average molecular weight is 310 g/mol. The Morgan fingerprint density at radius 2 is 2.29 bits per heavy atom. The molecular formula is C14H18N2O4S. The van der Waals surface area contributed by atoms with Crippen LogP contribution in [0.5, 0.6) is 0 Å². The van der Waals surface area contributed by atoms with Crippen molar-refractivity contribution in [1.29, 1.82) is 0 Å². The van der Waals surface area contributed by atoms with Crippen molar-refractivity contribution < 1.29 is 19.1 Å². The molecule has 6 nitrogen and oxygen atoms in total. The summed E-state index contributed by atoms with van der Waals surface area (Å²) in [6.07, 6.45) is 2.89. The number of carbonyl (C=O) groups is 2. The number of esters is 1. The molecule has 1 aliphatic heterocycles. The third kappa shape index (κ3) is 2.81. The number of carbonyl (C=O) groups excluding carboxylic acids is 2. The van der Waals surface area contributed by atoms with E-state index in [1.807, 2.05) is 0 Å². The smallest absolute Gasteiger partial charge is 0.341 e. The highest BCUT2D eigenvalue weighted by molar-refractivity contribution is 7.17. The summed E-state index contributed by atoms with van der Waals surface area (Å²) in [5.41, 5.74) is 1.56. The summed E-state index contributed by atoms with van der Waals surface area (Å²) >= 11 is 1.48. The lowest BCUT2D eigenvalue weighted by Crippen LogP contribution is -2.48. The third-order valence-corrected chi connectivity index (χ3v) is 4.99. The van der Waals surface area contributed by atoms with Gasteiger partial charge in [0, 0.05) is 11.4 Å². The maximum atomic E-state index is 12.3. The zero-order valence-corrected chi connectivity index (χ0v) is 12.7. The van der Waals surface area contributed by atoms with E-state index in [2.05, 4.69) is 10.6 Å². The summed E-state index contributed by atoms with van der Waals surface area (Å²) in [5.74, 6) is -0.544. The van der Waals surface area contributed by atoms with Crippen LogP contribution in [0.4, 0.5) is 5.00 Å². The molecule has 1 amide bonds. The first-order chi connectivity index (χ1) is 10.2. The molecular weight excluding hydrogens is 292 g/mol. The van der Waals surface area contributed by atoms with Crippen molar-refractivity contribution in [3.63, 3.8) is 0 Å². The molecule has 1 aromatic heterocycles. The molecule has 1 unspecified atom stereocenters. The van der Waals surface area contributed by atoms with Crippen LogP contribution in [0.25, 0.3) is 0 Å². The summed E-state index contributed by atoms with van der Waals surface area (Å²) in [6.45, 7) is 1.62. The lowest BCUT2D eigenvalue weighted by Gasteiger charge is -2.22. The number of hydrogen-bond donors (Lipinski definition) is 2. The summed E-state index contributed by atoms with van der Waals surface area (Å²) in [5, 5.41) is 6.56. The maximum Gasteiger partial charge on any atom is 0.341 e. The number of methoxy groups -OCH3 is 1. The van der Waals surface area contributed by atoms with Crippen molar-refractivity contribution in [3.8, 4) is 0 Å². The predicted molar refractivity (Wildman–Crippen MR) is 78.9 cm³/mol. The van der Waals surface area contributed by atoms with E-state index in [-0.39, 0.29) is 17.9 Å². The molecule has 2 N–H and O–H groups in total. The van der Waals surface area contributed by atoms with Gasteiger partial charge in [0.1, 0.15) is 11.0 Å². The number of fused-ring (bicyclic) bond motifs is 1. The molecule has 1 aliphatic carbocycles. The van der Waals surface area contributed by atoms with Crippen molar-refractivity contribution in [2.24, 2.45) is 0 Å². The van der Waals surface area contributed by atoms with E-state index < -0.39 is 0 Å². The Morgan fingerprint density at radius 1 is 1.43 bits per heavy atom. The first kappa shape index (κ1) is 14.5. The highest BCUT2D eigenvalue weighted by atomic mass is 32.1. The van der Waals surface area contributed by atoms with E-state index in [0.717, 1.165) is 24.8 Å². The molecule has 1 aromatic rings. The molecule has 21 heavy (non-hydrogen) atoms. The van der Waals surface area contributed by atoms with Crippen LogP contribution in [-0.4, -0.2) is 44.8 Å². The average Bonchev–Trinajstić information content (AvgIpc) is 3.07. The molecule has 0 spiro atoms. The summed E-state index contributed by atoms with van der Waals surface area (Å²) in [7, 11) is 1.36. The van der Waals surface area contributed by atoms with Crippen molar-refractivity contribution >= 4 is 28.2 Å². The number of anilines is 1. The third-order valence-electron chi connectivity index (χ3n) is 3.79. The van der Waals surface area contributed by atoms with Gasteiger partial charge in [-0.1, -0.05) is 0 Å². The standard InChI is InChI=1S/C14H18N2O4S/c1-19-14(18)11-8-3-2-4-10(8)21-13(11)16-12(17)9-7-20-6-5-15-9/h9,15H,2-7H2,1H3,(H,16,17). The highest BCUT2D eigenvalue weighted by Crippen LogP contribution is 2.39. The van der Waals surface area contributed by atoms with Gasteiger partial charge in [-0.15, -0.1) is 11.3 Å². The second kappa shape index (κ2) is 6.13. The second-order valence-corrected chi connectivity index (χ2v) is 6.23. The fourth-order valence-electron chi connectivity index (χ4n) is 2.74. The van der Waals surface area contributed by atoms with Crippen molar-refractivity contribution in [2.45, 2.75) is 25.3 Å². The summed E-state index contributed by atoms with van der Waals surface area (Å²) in [4.78, 5) is 25.4. The fourth-order valence-corrected chi connectivity index (χ4v) is 4.02. The van der Waals surface area contributed by atoms with Crippen LogP contribution in [0.3, 0.4) is 0 Å². The highest BCUT2D eigenvalue weighted by Gasteiger charge is 2.29. The number of thiophene rings is 1. The van der Waals surface area contributed by atoms with Gasteiger partial charge in [-0.05, 0) is 24.8 Å². The normalized spacial score (nSPS) is 20.9. The van der Waals surface area contributed by atoms with Crippen LogP contribution >= 0.6 is 11.3 Å². The van der Waals surface area contributed by atoms with E-state index in [9.17, 15) is 9.59 Å². The number of morpholine rings is 1. The van der Waals surface area contributed by atoms with Crippen LogP contribution in [0.1, 0.15) is 27.2 Å². The van der Waals surface area contributed by atoms with Crippen LogP contribution in [0, 0.1) is 0 Å². The Labute approximate surface area is 126 Å². The van der Waals surface area contributed by atoms with E-state index in [4.69, 9.17) is 9.47 Å². The fraction of sp³-hybridized carbons (Fsp3) is 0.571. The number of hydrogen-bond acceptors (Lipinski definition) is 6. The van der Waals surface area contributed by atoms with Crippen LogP contribution in [-0.2, 0) is 27.1 Å². The molecule has 0 aromatic carbocycles. The van der Waals surface area contributed by atoms with E-state index in [0.29, 0.717) is 30.3 Å². The van der Waals surface area contributed by atoms with Crippen molar-refractivity contribution in [2.75, 3.05) is 32.2 Å². The minimum absolute atomic E-state index is 0.167. The van der Waals surface area contributed by atoms with Gasteiger partial charge < -0.3 is 20.1 Å². The number of aryl methyl sites for hydroxylation is 1. The molecule has 7 heteroatoms. The Hall–Kier alpha value is -1.44. The number of amides is 1. The molecule has 1 fully saturated rings. The Bertz CT molecular complexity index is 564. The summed E-state index contributed by atoms with van der Waals surface area (Å²) in [6, 6.07) is -0.374. The van der Waals surface area contributed by atoms with E-state index >= 15 is 0 Å². The summed E-state index contributed by atoms with van der Waals surface area (Å²) < 4.78 is 10.2. The van der Waals surface area contributed by atoms with Gasteiger partial charge >= 0.3 is 5.97 Å². The molecule has 0 bridgehead atoms. The number of rotatable bonds is 3. The Balaban J connectivity index is 1.81. The molecule has 2 aliphatic rings. The van der Waals surface area contributed by atoms with Gasteiger partial charge in [-0.3, -0.25) is 4.79 Å². The Kier molecular flexibility index (Phi) is 4.23. The second-order valence-electron chi connectivity index (χ2n) is 5.12. The molecule has 2 heterocycles. The lowest BCUT2D eigenvalue weighted by atomic mass is 10.1. The number of ether oxygens (including phenoxy) is 2. The van der Waals surface area contributed by atoms with Crippen molar-refractivity contribution in [3.05, 3.63) is 16.0 Å². The van der Waals surface area contributed by atoms with Gasteiger partial charge in [0.15, 0.2) is 0 Å². The molecule has 1 atom stereocenters. The van der Waals surface area contributed by atoms with Crippen LogP contribution < -0.4 is 10.6 Å². The largest absolute Gasteiger partial charge is 0.465 e. The van der Waals surface area contributed by atoms with Crippen LogP contribution in [0.15, 0.2) is 0 Å². The maximum absolute atomic E-state index is 12.3. The van der Waals surface area contributed by atoms with E-state index in [1.165, 1.54) is 23.3 Å². The minimum atomic E-state index is -0.377. The van der Waals surface area contributed by atoms with Gasteiger partial charge in [-0.25, -0.2) is 4.79 Å². The molecule has 1 saturated heterocycles. The van der Waals surface area contributed by atoms with E-state index in [1.54, 1.807) is 0 Å². The topological polar surface area (TPSA) is 76.7 Å². The van der Waals surface area contributed by atoms with Gasteiger partial charge in [0.25, 0.3) is 0 Å². The Morgan fingerprint density at radius 3 is 3.00 bits per heavy atom. The first-order valence-electron chi connectivity index (χ1n) is 7.05. The van der Waals surface area contributed by atoms with Gasteiger partial charge in [0.2, 0.25) is 5.91 Å². The SMILES string of the molecule is COC(=O)c1c(NC(=O)C2COCCN2)sc2c1CCC2. The number of nitrogens with one attached hydrogen (secondary N) is 2. The van der Waals surface area contributed by atoms with Gasteiger partial charge in [-0.2, -0.15) is 0 Å². The molecule has 3 rings (SSSR count). The quantitative estimate of drug-likeness (QED) is 0.813. The predicted octanol–water partition coefficient (Wildman–Crippen LogP) is 0.950. The van der Waals surface area contributed by atoms with Crippen molar-refractivity contribution in [1.82, 2.24) is 5.32 Å². The monoisotopic (exact) mass is 310 g/mol. The first-order valence-corrected chi connectivity index (χ1v) is 7.87.